The van der Waals surface area contributed by atoms with Gasteiger partial charge in [0.2, 0.25) is 0 Å². The first-order valence-electron chi connectivity index (χ1n) is 5.51. The van der Waals surface area contributed by atoms with Crippen LogP contribution in [0.15, 0.2) is 18.3 Å². The van der Waals surface area contributed by atoms with Gasteiger partial charge in [-0.25, -0.2) is 4.98 Å². The Morgan fingerprint density at radius 2 is 2.33 bits per heavy atom. The Labute approximate surface area is 104 Å². The van der Waals surface area contributed by atoms with Crippen LogP contribution < -0.4 is 4.90 Å². The van der Waals surface area contributed by atoms with Crippen LogP contribution in [0.25, 0.3) is 0 Å². The lowest BCUT2D eigenvalue weighted by Gasteiger charge is -2.20. The van der Waals surface area contributed by atoms with Crippen LogP contribution in [0.1, 0.15) is 24.2 Å². The highest BCUT2D eigenvalue weighted by atomic mass is 15.5. The second-order valence-corrected chi connectivity index (χ2v) is 4.07. The molecule has 0 spiro atoms. The van der Waals surface area contributed by atoms with Crippen LogP contribution in [0.2, 0.25) is 0 Å². The van der Waals surface area contributed by atoms with Crippen molar-refractivity contribution in [2.75, 3.05) is 18.5 Å². The number of pyridine rings is 1. The van der Waals surface area contributed by atoms with Gasteiger partial charge in [-0.1, -0.05) is 12.1 Å². The molecular formula is C11H13N7. The molecule has 0 aliphatic heterocycles. The van der Waals surface area contributed by atoms with E-state index in [1.165, 1.54) is 0 Å². The number of tetrazole rings is 1. The number of rotatable bonds is 4. The first-order valence-corrected chi connectivity index (χ1v) is 5.51. The molecule has 0 fully saturated rings. The maximum absolute atomic E-state index is 8.71. The fraction of sp³-hybridized carbons (Fsp3) is 0.364. The summed E-state index contributed by atoms with van der Waals surface area (Å²) in [6, 6.07) is 5.61. The molecule has 18 heavy (non-hydrogen) atoms. The molecule has 92 valence electrons. The molecule has 7 nitrogen and oxygen atoms in total. The van der Waals surface area contributed by atoms with Gasteiger partial charge in [-0.15, -0.1) is 10.2 Å². The number of nitrogens with one attached hydrogen (secondary N) is 1. The van der Waals surface area contributed by atoms with Crippen LogP contribution in [0.3, 0.4) is 0 Å². The number of likely N-dealkylation sites (N-methyl/N-ethyl adjacent to an activating group) is 1. The zero-order valence-electron chi connectivity index (χ0n) is 10.2. The maximum Gasteiger partial charge on any atom is 0.179 e. The molecule has 2 aromatic rings. The van der Waals surface area contributed by atoms with E-state index in [1.807, 2.05) is 31.0 Å². The minimum atomic E-state index is 0.145. The van der Waals surface area contributed by atoms with Gasteiger partial charge in [0.05, 0.1) is 5.56 Å². The second kappa shape index (κ2) is 5.23. The number of nitrogens with zero attached hydrogens (tertiary/aromatic N) is 6. The minimum Gasteiger partial charge on any atom is -0.359 e. The average molecular weight is 243 g/mol. The Morgan fingerprint density at radius 1 is 1.50 bits per heavy atom. The van der Waals surface area contributed by atoms with Crippen LogP contribution >= 0.6 is 0 Å². The highest BCUT2D eigenvalue weighted by Crippen LogP contribution is 2.15. The predicted octanol–water partition coefficient (Wildman–Crippen LogP) is 0.706. The third-order valence-corrected chi connectivity index (χ3v) is 2.62. The molecule has 0 bridgehead atoms. The van der Waals surface area contributed by atoms with Gasteiger partial charge in [0.1, 0.15) is 11.9 Å². The number of nitriles is 1. The highest BCUT2D eigenvalue weighted by Gasteiger charge is 2.13. The zero-order chi connectivity index (χ0) is 13.0. The number of hydrogen-bond acceptors (Lipinski definition) is 6. The summed E-state index contributed by atoms with van der Waals surface area (Å²) in [7, 11) is 1.94. The molecule has 0 aliphatic rings. The Balaban J connectivity index is 2.03. The number of anilines is 1. The zero-order valence-corrected chi connectivity index (χ0v) is 10.2. The van der Waals surface area contributed by atoms with Crippen LogP contribution in [-0.2, 0) is 0 Å². The molecular weight excluding hydrogens is 230 g/mol. The fourth-order valence-corrected chi connectivity index (χ4v) is 1.64. The highest BCUT2D eigenvalue weighted by molar-refractivity contribution is 5.41. The summed E-state index contributed by atoms with van der Waals surface area (Å²) >= 11 is 0. The number of aromatic nitrogens is 5. The van der Waals surface area contributed by atoms with E-state index in [4.69, 9.17) is 5.26 Å². The first kappa shape index (κ1) is 12.0. The van der Waals surface area contributed by atoms with E-state index in [0.717, 1.165) is 12.4 Å². The quantitative estimate of drug-likeness (QED) is 0.849. The molecule has 1 N–H and O–H groups in total. The number of H-pyrrole nitrogens is 1. The fourth-order valence-electron chi connectivity index (χ4n) is 1.64. The van der Waals surface area contributed by atoms with E-state index in [-0.39, 0.29) is 5.92 Å². The van der Waals surface area contributed by atoms with Gasteiger partial charge in [-0.05, 0) is 12.1 Å². The summed E-state index contributed by atoms with van der Waals surface area (Å²) in [4.78, 5) is 6.21. The van der Waals surface area contributed by atoms with Crippen LogP contribution in [0.4, 0.5) is 5.82 Å². The summed E-state index contributed by atoms with van der Waals surface area (Å²) < 4.78 is 0. The van der Waals surface area contributed by atoms with Crippen molar-refractivity contribution < 1.29 is 0 Å². The van der Waals surface area contributed by atoms with Crippen LogP contribution in [-0.4, -0.2) is 39.2 Å². The van der Waals surface area contributed by atoms with Crippen molar-refractivity contribution in [2.24, 2.45) is 0 Å². The second-order valence-electron chi connectivity index (χ2n) is 4.07. The summed E-state index contributed by atoms with van der Waals surface area (Å²) in [5.41, 5.74) is 0.554. The van der Waals surface area contributed by atoms with Crippen molar-refractivity contribution in [1.82, 2.24) is 25.6 Å². The molecule has 1 atom stereocenters. The van der Waals surface area contributed by atoms with E-state index < -0.39 is 0 Å². The van der Waals surface area contributed by atoms with E-state index in [2.05, 4.69) is 25.6 Å². The Kier molecular flexibility index (Phi) is 3.48. The Bertz CT molecular complexity index is 526. The number of hydrogen-bond donors (Lipinski definition) is 1. The van der Waals surface area contributed by atoms with Gasteiger partial charge in [0.25, 0.3) is 0 Å². The SMILES string of the molecule is C[C@@H](CN(C)c1ccc(C#N)cn1)c1nn[nH]n1. The standard InChI is InChI=1S/C11H13N7/c1-8(11-14-16-17-15-11)7-18(2)10-4-3-9(5-12)6-13-10/h3-4,6,8H,7H2,1-2H3,(H,14,15,16,17)/t8-/m0/s1. The molecule has 7 heteroatoms. The average Bonchev–Trinajstić information content (AvgIpc) is 2.92. The van der Waals surface area contributed by atoms with Gasteiger partial charge in [-0.2, -0.15) is 10.5 Å². The molecule has 0 amide bonds. The van der Waals surface area contributed by atoms with Crippen molar-refractivity contribution in [3.63, 3.8) is 0 Å². The predicted molar refractivity (Wildman–Crippen MR) is 64.8 cm³/mol. The molecule has 2 heterocycles. The smallest absolute Gasteiger partial charge is 0.179 e. The summed E-state index contributed by atoms with van der Waals surface area (Å²) in [5, 5.41) is 22.6. The normalized spacial score (nSPS) is 11.8. The van der Waals surface area contributed by atoms with Gasteiger partial charge in [-0.3, -0.25) is 0 Å². The lowest BCUT2D eigenvalue weighted by molar-refractivity contribution is 0.682. The molecule has 0 aliphatic carbocycles. The molecule has 0 saturated heterocycles. The van der Waals surface area contributed by atoms with Gasteiger partial charge < -0.3 is 4.90 Å². The van der Waals surface area contributed by atoms with Gasteiger partial charge >= 0.3 is 0 Å². The summed E-state index contributed by atoms with van der Waals surface area (Å²) in [5.74, 6) is 1.63. The molecule has 0 radical (unpaired) electrons. The van der Waals surface area contributed by atoms with Crippen molar-refractivity contribution >= 4 is 5.82 Å². The largest absolute Gasteiger partial charge is 0.359 e. The first-order chi connectivity index (χ1) is 8.70. The lowest BCUT2D eigenvalue weighted by Crippen LogP contribution is -2.24. The van der Waals surface area contributed by atoms with Crippen molar-refractivity contribution in [1.29, 1.82) is 5.26 Å². The van der Waals surface area contributed by atoms with E-state index in [0.29, 0.717) is 11.4 Å². The third kappa shape index (κ3) is 2.60. The lowest BCUT2D eigenvalue weighted by atomic mass is 10.1. The summed E-state index contributed by atoms with van der Waals surface area (Å²) in [6.45, 7) is 2.74. The molecule has 0 unspecified atom stereocenters. The topological polar surface area (TPSA) is 94.4 Å². The van der Waals surface area contributed by atoms with Crippen LogP contribution in [0, 0.1) is 11.3 Å². The van der Waals surface area contributed by atoms with Crippen molar-refractivity contribution in [3.05, 3.63) is 29.7 Å². The molecule has 2 aromatic heterocycles. The Hall–Kier alpha value is -2.49. The van der Waals surface area contributed by atoms with Gasteiger partial charge in [0, 0.05) is 25.7 Å². The molecule has 0 aromatic carbocycles. The van der Waals surface area contributed by atoms with Crippen molar-refractivity contribution in [2.45, 2.75) is 12.8 Å². The van der Waals surface area contributed by atoms with E-state index >= 15 is 0 Å². The monoisotopic (exact) mass is 243 g/mol. The van der Waals surface area contributed by atoms with Crippen LogP contribution in [0.5, 0.6) is 0 Å². The summed E-state index contributed by atoms with van der Waals surface area (Å²) in [6.07, 6.45) is 1.56. The number of aromatic amines is 1. The van der Waals surface area contributed by atoms with Crippen molar-refractivity contribution in [3.8, 4) is 6.07 Å². The van der Waals surface area contributed by atoms with Gasteiger partial charge in [0.15, 0.2) is 5.82 Å². The van der Waals surface area contributed by atoms with E-state index in [9.17, 15) is 0 Å². The maximum atomic E-state index is 8.71. The molecule has 2 rings (SSSR count). The molecule has 0 saturated carbocycles. The third-order valence-electron chi connectivity index (χ3n) is 2.62. The van der Waals surface area contributed by atoms with E-state index in [1.54, 1.807) is 12.3 Å². The Morgan fingerprint density at radius 3 is 2.89 bits per heavy atom. The minimum absolute atomic E-state index is 0.145.